The van der Waals surface area contributed by atoms with E-state index in [0.717, 1.165) is 22.6 Å². The van der Waals surface area contributed by atoms with Gasteiger partial charge in [0.25, 0.3) is 5.91 Å². The molecule has 0 unspecified atom stereocenters. The van der Waals surface area contributed by atoms with E-state index in [-0.39, 0.29) is 5.91 Å². The van der Waals surface area contributed by atoms with Crippen LogP contribution in [0.2, 0.25) is 0 Å². The van der Waals surface area contributed by atoms with E-state index in [2.05, 4.69) is 10.3 Å². The summed E-state index contributed by atoms with van der Waals surface area (Å²) < 4.78 is 10.7. The van der Waals surface area contributed by atoms with E-state index < -0.39 is 0 Å². The molecule has 2 aromatic carbocycles. The number of methoxy groups -OCH3 is 1. The van der Waals surface area contributed by atoms with Crippen LogP contribution in [0.25, 0.3) is 11.5 Å². The van der Waals surface area contributed by atoms with E-state index >= 15 is 0 Å². The highest BCUT2D eigenvalue weighted by Gasteiger charge is 2.10. The number of ether oxygens (including phenoxy) is 1. The standard InChI is InChI=1S/C20H20N2O3/c1-14-5-3-4-6-18(14)19(23)21-12-11-16-13-25-20(22-16)15-7-9-17(24-2)10-8-15/h3-10,13H,11-12H2,1-2H3,(H,21,23). The molecule has 0 saturated heterocycles. The summed E-state index contributed by atoms with van der Waals surface area (Å²) in [6.07, 6.45) is 2.23. The van der Waals surface area contributed by atoms with E-state index in [1.807, 2.05) is 55.5 Å². The van der Waals surface area contributed by atoms with Gasteiger partial charge in [-0.15, -0.1) is 0 Å². The Kier molecular flexibility index (Phi) is 5.14. The SMILES string of the molecule is COc1ccc(-c2nc(CCNC(=O)c3ccccc3C)co2)cc1. The second-order valence-corrected chi connectivity index (χ2v) is 5.69. The summed E-state index contributed by atoms with van der Waals surface area (Å²) in [6.45, 7) is 2.43. The third-order valence-electron chi connectivity index (χ3n) is 3.95. The third kappa shape index (κ3) is 4.07. The molecule has 0 spiro atoms. The second kappa shape index (κ2) is 7.66. The number of rotatable bonds is 6. The molecule has 0 saturated carbocycles. The van der Waals surface area contributed by atoms with E-state index in [4.69, 9.17) is 9.15 Å². The lowest BCUT2D eigenvalue weighted by Gasteiger charge is -2.06. The van der Waals surface area contributed by atoms with Gasteiger partial charge in [0.05, 0.1) is 12.8 Å². The normalized spacial score (nSPS) is 10.5. The fourth-order valence-corrected chi connectivity index (χ4v) is 2.51. The average molecular weight is 336 g/mol. The molecule has 0 bridgehead atoms. The molecular formula is C20H20N2O3. The van der Waals surface area contributed by atoms with Crippen LogP contribution in [0.4, 0.5) is 0 Å². The zero-order valence-corrected chi connectivity index (χ0v) is 14.3. The highest BCUT2D eigenvalue weighted by atomic mass is 16.5. The van der Waals surface area contributed by atoms with Crippen molar-refractivity contribution in [1.82, 2.24) is 10.3 Å². The smallest absolute Gasteiger partial charge is 0.251 e. The van der Waals surface area contributed by atoms with Gasteiger partial charge in [0.2, 0.25) is 5.89 Å². The van der Waals surface area contributed by atoms with Gasteiger partial charge in [-0.05, 0) is 42.8 Å². The maximum absolute atomic E-state index is 12.2. The molecule has 1 amide bonds. The molecule has 0 aliphatic carbocycles. The fourth-order valence-electron chi connectivity index (χ4n) is 2.51. The third-order valence-corrected chi connectivity index (χ3v) is 3.95. The van der Waals surface area contributed by atoms with Gasteiger partial charge in [-0.25, -0.2) is 4.98 Å². The van der Waals surface area contributed by atoms with Gasteiger partial charge >= 0.3 is 0 Å². The molecule has 1 heterocycles. The Labute approximate surface area is 146 Å². The summed E-state index contributed by atoms with van der Waals surface area (Å²) in [5.74, 6) is 1.27. The van der Waals surface area contributed by atoms with Gasteiger partial charge in [-0.1, -0.05) is 18.2 Å². The van der Waals surface area contributed by atoms with Gasteiger partial charge in [0, 0.05) is 24.1 Å². The fraction of sp³-hybridized carbons (Fsp3) is 0.200. The van der Waals surface area contributed by atoms with Crippen molar-refractivity contribution in [1.29, 1.82) is 0 Å². The van der Waals surface area contributed by atoms with Crippen LogP contribution >= 0.6 is 0 Å². The van der Waals surface area contributed by atoms with Gasteiger partial charge in [0.15, 0.2) is 0 Å². The van der Waals surface area contributed by atoms with Gasteiger partial charge in [-0.2, -0.15) is 0 Å². The zero-order valence-electron chi connectivity index (χ0n) is 14.3. The average Bonchev–Trinajstić information content (AvgIpc) is 3.11. The summed E-state index contributed by atoms with van der Waals surface area (Å²) >= 11 is 0. The topological polar surface area (TPSA) is 64.4 Å². The number of aromatic nitrogens is 1. The van der Waals surface area contributed by atoms with E-state index in [1.165, 1.54) is 0 Å². The maximum atomic E-state index is 12.2. The van der Waals surface area contributed by atoms with Crippen LogP contribution in [0.15, 0.2) is 59.2 Å². The number of hydrogen-bond acceptors (Lipinski definition) is 4. The summed E-state index contributed by atoms with van der Waals surface area (Å²) in [5.41, 5.74) is 3.34. The van der Waals surface area contributed by atoms with Crippen molar-refractivity contribution in [3.05, 3.63) is 71.6 Å². The van der Waals surface area contributed by atoms with Crippen molar-refractivity contribution in [2.75, 3.05) is 13.7 Å². The Hall–Kier alpha value is -3.08. The number of carbonyl (C=O) groups is 1. The van der Waals surface area contributed by atoms with Crippen molar-refractivity contribution < 1.29 is 13.9 Å². The van der Waals surface area contributed by atoms with Crippen LogP contribution in [0.5, 0.6) is 5.75 Å². The first-order valence-electron chi connectivity index (χ1n) is 8.10. The predicted octanol–water partition coefficient (Wildman–Crippen LogP) is 3.63. The van der Waals surface area contributed by atoms with Crippen molar-refractivity contribution in [3.8, 4) is 17.2 Å². The first kappa shape index (κ1) is 16.8. The molecule has 1 aromatic heterocycles. The van der Waals surface area contributed by atoms with Gasteiger partial charge in [0.1, 0.15) is 12.0 Å². The van der Waals surface area contributed by atoms with Gasteiger partial charge < -0.3 is 14.5 Å². The Morgan fingerprint density at radius 3 is 2.64 bits per heavy atom. The Morgan fingerprint density at radius 1 is 1.16 bits per heavy atom. The molecule has 3 rings (SSSR count). The molecule has 128 valence electrons. The van der Waals surface area contributed by atoms with Crippen LogP contribution in [0.1, 0.15) is 21.6 Å². The highest BCUT2D eigenvalue weighted by molar-refractivity contribution is 5.95. The largest absolute Gasteiger partial charge is 0.497 e. The first-order valence-corrected chi connectivity index (χ1v) is 8.10. The Balaban J connectivity index is 1.56. The maximum Gasteiger partial charge on any atom is 0.251 e. The van der Waals surface area contributed by atoms with Crippen molar-refractivity contribution in [3.63, 3.8) is 0 Å². The van der Waals surface area contributed by atoms with E-state index in [0.29, 0.717) is 24.4 Å². The number of nitrogens with zero attached hydrogens (tertiary/aromatic N) is 1. The summed E-state index contributed by atoms with van der Waals surface area (Å²) in [7, 11) is 1.63. The summed E-state index contributed by atoms with van der Waals surface area (Å²) in [6, 6.07) is 15.0. The number of amides is 1. The molecule has 0 aliphatic heterocycles. The zero-order chi connectivity index (χ0) is 17.6. The molecular weight excluding hydrogens is 316 g/mol. The number of nitrogens with one attached hydrogen (secondary N) is 1. The molecule has 5 heteroatoms. The monoisotopic (exact) mass is 336 g/mol. The molecule has 1 N–H and O–H groups in total. The number of benzene rings is 2. The minimum absolute atomic E-state index is 0.0722. The first-order chi connectivity index (χ1) is 12.2. The van der Waals surface area contributed by atoms with Crippen molar-refractivity contribution in [2.45, 2.75) is 13.3 Å². The molecule has 0 atom stereocenters. The highest BCUT2D eigenvalue weighted by Crippen LogP contribution is 2.21. The molecule has 0 radical (unpaired) electrons. The molecule has 0 fully saturated rings. The van der Waals surface area contributed by atoms with Crippen molar-refractivity contribution in [2.24, 2.45) is 0 Å². The summed E-state index contributed by atoms with van der Waals surface area (Å²) in [5, 5.41) is 2.92. The van der Waals surface area contributed by atoms with Crippen LogP contribution < -0.4 is 10.1 Å². The van der Waals surface area contributed by atoms with Gasteiger partial charge in [-0.3, -0.25) is 4.79 Å². The van der Waals surface area contributed by atoms with E-state index in [1.54, 1.807) is 13.4 Å². The lowest BCUT2D eigenvalue weighted by molar-refractivity contribution is 0.0953. The van der Waals surface area contributed by atoms with Crippen LogP contribution in [0.3, 0.4) is 0 Å². The number of hydrogen-bond donors (Lipinski definition) is 1. The lowest BCUT2D eigenvalue weighted by Crippen LogP contribution is -2.26. The Bertz CT molecular complexity index is 853. The van der Waals surface area contributed by atoms with Crippen molar-refractivity contribution >= 4 is 5.91 Å². The summed E-state index contributed by atoms with van der Waals surface area (Å²) in [4.78, 5) is 16.6. The Morgan fingerprint density at radius 2 is 1.92 bits per heavy atom. The predicted molar refractivity (Wildman–Crippen MR) is 95.7 cm³/mol. The molecule has 3 aromatic rings. The minimum Gasteiger partial charge on any atom is -0.497 e. The number of aryl methyl sites for hydroxylation is 1. The van der Waals surface area contributed by atoms with E-state index in [9.17, 15) is 4.79 Å². The second-order valence-electron chi connectivity index (χ2n) is 5.69. The number of carbonyl (C=O) groups excluding carboxylic acids is 1. The van der Waals surface area contributed by atoms with Crippen LogP contribution in [-0.2, 0) is 6.42 Å². The lowest BCUT2D eigenvalue weighted by atomic mass is 10.1. The van der Waals surface area contributed by atoms with Crippen LogP contribution in [0, 0.1) is 6.92 Å². The minimum atomic E-state index is -0.0722. The molecule has 25 heavy (non-hydrogen) atoms. The molecule has 0 aliphatic rings. The quantitative estimate of drug-likeness (QED) is 0.746. The van der Waals surface area contributed by atoms with Crippen LogP contribution in [-0.4, -0.2) is 24.5 Å². The number of oxazole rings is 1. The molecule has 5 nitrogen and oxygen atoms in total.